The second-order valence-electron chi connectivity index (χ2n) is 4.64. The zero-order chi connectivity index (χ0) is 15.2. The van der Waals surface area contributed by atoms with Crippen molar-refractivity contribution in [3.8, 4) is 11.8 Å². The smallest absolute Gasteiger partial charge is 0.248 e. The molecule has 0 aliphatic rings. The van der Waals surface area contributed by atoms with E-state index in [-0.39, 0.29) is 12.5 Å². The second-order valence-corrected chi connectivity index (χ2v) is 4.64. The first-order valence-corrected chi connectivity index (χ1v) is 6.62. The van der Waals surface area contributed by atoms with Crippen LogP contribution in [-0.2, 0) is 4.79 Å². The van der Waals surface area contributed by atoms with Crippen molar-refractivity contribution < 1.29 is 9.90 Å². The molecule has 0 saturated heterocycles. The van der Waals surface area contributed by atoms with Gasteiger partial charge in [-0.1, -0.05) is 17.9 Å². The van der Waals surface area contributed by atoms with E-state index in [9.17, 15) is 4.79 Å². The maximum absolute atomic E-state index is 12.2. The average molecular weight is 283 g/mol. The highest BCUT2D eigenvalue weighted by Crippen LogP contribution is 2.16. The Hall–Kier alpha value is -2.58. The van der Waals surface area contributed by atoms with E-state index in [2.05, 4.69) is 22.3 Å². The third-order valence-corrected chi connectivity index (χ3v) is 3.11. The van der Waals surface area contributed by atoms with Crippen LogP contribution in [0, 0.1) is 18.8 Å². The largest absolute Gasteiger partial charge is 0.384 e. The minimum Gasteiger partial charge on any atom is -0.384 e. The van der Waals surface area contributed by atoms with Gasteiger partial charge >= 0.3 is 0 Å². The molecule has 2 N–H and O–H groups in total. The van der Waals surface area contributed by atoms with Crippen LogP contribution in [0.3, 0.4) is 0 Å². The predicted molar refractivity (Wildman–Crippen MR) is 80.7 cm³/mol. The maximum Gasteiger partial charge on any atom is 0.248 e. The topological polar surface area (TPSA) is 67.2 Å². The third kappa shape index (κ3) is 3.71. The summed E-state index contributed by atoms with van der Waals surface area (Å²) >= 11 is 0. The van der Waals surface area contributed by atoms with Crippen molar-refractivity contribution in [3.05, 3.63) is 47.8 Å². The number of amides is 1. The van der Waals surface area contributed by atoms with Gasteiger partial charge in [0.2, 0.25) is 5.91 Å². The van der Waals surface area contributed by atoms with Crippen LogP contribution in [0.2, 0.25) is 0 Å². The van der Waals surface area contributed by atoms with Crippen molar-refractivity contribution in [1.29, 1.82) is 0 Å². The molecule has 0 aliphatic heterocycles. The van der Waals surface area contributed by atoms with E-state index in [1.165, 1.54) is 0 Å². The lowest BCUT2D eigenvalue weighted by molar-refractivity contribution is -0.119. The summed E-state index contributed by atoms with van der Waals surface area (Å²) < 4.78 is 1.59. The van der Waals surface area contributed by atoms with Gasteiger partial charge in [-0.3, -0.25) is 9.48 Å². The summed E-state index contributed by atoms with van der Waals surface area (Å²) in [6.07, 6.45) is 3.38. The number of aliphatic hydroxyl groups excluding tert-OH is 1. The van der Waals surface area contributed by atoms with E-state index in [4.69, 9.17) is 5.11 Å². The zero-order valence-corrected chi connectivity index (χ0v) is 12.0. The van der Waals surface area contributed by atoms with Crippen LogP contribution in [0.5, 0.6) is 0 Å². The van der Waals surface area contributed by atoms with Crippen molar-refractivity contribution in [3.63, 3.8) is 0 Å². The maximum atomic E-state index is 12.2. The number of nitrogens with one attached hydrogen (secondary N) is 1. The van der Waals surface area contributed by atoms with Crippen LogP contribution in [-0.4, -0.2) is 27.4 Å². The molecule has 0 radical (unpaired) electrons. The van der Waals surface area contributed by atoms with Crippen LogP contribution in [0.25, 0.3) is 0 Å². The molecule has 0 saturated carbocycles. The van der Waals surface area contributed by atoms with E-state index >= 15 is 0 Å². The van der Waals surface area contributed by atoms with Gasteiger partial charge in [-0.2, -0.15) is 5.10 Å². The summed E-state index contributed by atoms with van der Waals surface area (Å²) in [4.78, 5) is 12.2. The van der Waals surface area contributed by atoms with Crippen molar-refractivity contribution in [2.75, 3.05) is 11.9 Å². The second kappa shape index (κ2) is 6.73. The first-order chi connectivity index (χ1) is 10.1. The summed E-state index contributed by atoms with van der Waals surface area (Å²) in [5.41, 5.74) is 2.45. The number of aromatic nitrogens is 2. The Bertz CT molecular complexity index is 681. The number of carbonyl (C=O) groups is 1. The molecule has 1 heterocycles. The Kier molecular flexibility index (Phi) is 4.75. The van der Waals surface area contributed by atoms with Crippen molar-refractivity contribution >= 4 is 11.6 Å². The average Bonchev–Trinajstić information content (AvgIpc) is 3.01. The van der Waals surface area contributed by atoms with Gasteiger partial charge in [0, 0.05) is 23.6 Å². The fourth-order valence-corrected chi connectivity index (χ4v) is 1.85. The van der Waals surface area contributed by atoms with Crippen LogP contribution in [0.1, 0.15) is 24.1 Å². The number of benzene rings is 1. The Morgan fingerprint density at radius 3 is 3.00 bits per heavy atom. The van der Waals surface area contributed by atoms with Crippen LogP contribution in [0.4, 0.5) is 5.69 Å². The van der Waals surface area contributed by atoms with Crippen molar-refractivity contribution in [2.45, 2.75) is 19.9 Å². The minimum absolute atomic E-state index is 0.149. The zero-order valence-electron chi connectivity index (χ0n) is 12.0. The highest BCUT2D eigenvalue weighted by molar-refractivity contribution is 5.93. The normalized spacial score (nSPS) is 11.4. The number of carbonyl (C=O) groups excluding carboxylic acids is 1. The fourth-order valence-electron chi connectivity index (χ4n) is 1.85. The molecule has 0 spiro atoms. The van der Waals surface area contributed by atoms with Crippen molar-refractivity contribution in [1.82, 2.24) is 9.78 Å². The van der Waals surface area contributed by atoms with E-state index < -0.39 is 6.04 Å². The van der Waals surface area contributed by atoms with Crippen LogP contribution >= 0.6 is 0 Å². The van der Waals surface area contributed by atoms with Gasteiger partial charge in [0.25, 0.3) is 0 Å². The molecule has 1 aromatic heterocycles. The molecule has 5 heteroatoms. The minimum atomic E-state index is -0.395. The first kappa shape index (κ1) is 14.8. The molecule has 1 unspecified atom stereocenters. The highest BCUT2D eigenvalue weighted by Gasteiger charge is 2.15. The SMILES string of the molecule is Cc1ccc(NC(=O)C(C)n2cccn2)cc1C#CCO. The highest BCUT2D eigenvalue weighted by atomic mass is 16.2. The lowest BCUT2D eigenvalue weighted by Gasteiger charge is -2.13. The van der Waals surface area contributed by atoms with Gasteiger partial charge in [-0.05, 0) is 37.6 Å². The molecule has 5 nitrogen and oxygen atoms in total. The van der Waals surface area contributed by atoms with Crippen LogP contribution in [0.15, 0.2) is 36.7 Å². The molecule has 1 amide bonds. The molecule has 0 aliphatic carbocycles. The Balaban J connectivity index is 2.14. The fraction of sp³-hybridized carbons (Fsp3) is 0.250. The number of anilines is 1. The number of rotatable bonds is 3. The number of nitrogens with zero attached hydrogens (tertiary/aromatic N) is 2. The van der Waals surface area contributed by atoms with Gasteiger partial charge < -0.3 is 10.4 Å². The molecular weight excluding hydrogens is 266 g/mol. The molecule has 2 rings (SSSR count). The molecule has 0 bridgehead atoms. The van der Waals surface area contributed by atoms with E-state index in [1.807, 2.05) is 19.1 Å². The molecule has 1 aromatic carbocycles. The van der Waals surface area contributed by atoms with Crippen molar-refractivity contribution in [2.24, 2.45) is 0 Å². The Labute approximate surface area is 123 Å². The molecular formula is C16H17N3O2. The molecule has 2 aromatic rings. The summed E-state index contributed by atoms with van der Waals surface area (Å²) in [5.74, 6) is 5.32. The molecule has 0 fully saturated rings. The van der Waals surface area contributed by atoms with Crippen LogP contribution < -0.4 is 5.32 Å². The molecule has 108 valence electrons. The lowest BCUT2D eigenvalue weighted by atomic mass is 10.1. The standard InChI is InChI=1S/C16H17N3O2/c1-12-6-7-15(11-14(12)5-3-10-20)18-16(21)13(2)19-9-4-8-17-19/h4,6-9,11,13,20H,10H2,1-2H3,(H,18,21). The Morgan fingerprint density at radius 2 is 2.33 bits per heavy atom. The predicted octanol–water partition coefficient (Wildman–Crippen LogP) is 1.74. The number of aliphatic hydroxyl groups is 1. The summed E-state index contributed by atoms with van der Waals surface area (Å²) in [6, 6.07) is 6.89. The first-order valence-electron chi connectivity index (χ1n) is 6.62. The third-order valence-electron chi connectivity index (χ3n) is 3.11. The quantitative estimate of drug-likeness (QED) is 0.843. The number of hydrogen-bond donors (Lipinski definition) is 2. The molecule has 21 heavy (non-hydrogen) atoms. The van der Waals surface area contributed by atoms with E-state index in [0.29, 0.717) is 5.69 Å². The Morgan fingerprint density at radius 1 is 1.52 bits per heavy atom. The van der Waals surface area contributed by atoms with Gasteiger partial charge in [0.05, 0.1) is 0 Å². The number of hydrogen-bond acceptors (Lipinski definition) is 3. The van der Waals surface area contributed by atoms with Gasteiger partial charge in [-0.25, -0.2) is 0 Å². The van der Waals surface area contributed by atoms with Gasteiger partial charge in [0.1, 0.15) is 12.6 Å². The van der Waals surface area contributed by atoms with E-state index in [0.717, 1.165) is 11.1 Å². The summed E-state index contributed by atoms with van der Waals surface area (Å²) in [5, 5.41) is 15.7. The number of aryl methyl sites for hydroxylation is 1. The van der Waals surface area contributed by atoms with Gasteiger partial charge in [-0.15, -0.1) is 0 Å². The monoisotopic (exact) mass is 283 g/mol. The lowest BCUT2D eigenvalue weighted by Crippen LogP contribution is -2.24. The summed E-state index contributed by atoms with van der Waals surface area (Å²) in [7, 11) is 0. The van der Waals surface area contributed by atoms with E-state index in [1.54, 1.807) is 36.1 Å². The molecule has 1 atom stereocenters. The summed E-state index contributed by atoms with van der Waals surface area (Å²) in [6.45, 7) is 3.52. The van der Waals surface area contributed by atoms with Gasteiger partial charge in [0.15, 0.2) is 0 Å².